The molecule has 2 heteroatoms. The molecule has 102 valence electrons. The van der Waals surface area contributed by atoms with Gasteiger partial charge in [-0.05, 0) is 30.0 Å². The van der Waals surface area contributed by atoms with Gasteiger partial charge in [0, 0.05) is 12.0 Å². The monoisotopic (exact) mass is 273 g/mol. The first-order chi connectivity index (χ1) is 10.4. The maximum Gasteiger partial charge on any atom is 0.227 e. The van der Waals surface area contributed by atoms with Crippen molar-refractivity contribution in [2.75, 3.05) is 0 Å². The molecule has 0 unspecified atom stereocenters. The summed E-state index contributed by atoms with van der Waals surface area (Å²) < 4.78 is 5.45. The first-order valence-corrected chi connectivity index (χ1v) is 6.95. The Kier molecular flexibility index (Phi) is 4.14. The van der Waals surface area contributed by atoms with Crippen molar-refractivity contribution in [3.8, 4) is 23.3 Å². The highest BCUT2D eigenvalue weighted by molar-refractivity contribution is 5.53. The van der Waals surface area contributed by atoms with Gasteiger partial charge in [0.05, 0.1) is 0 Å². The summed E-state index contributed by atoms with van der Waals surface area (Å²) in [7, 11) is 0. The Morgan fingerprint density at radius 2 is 1.62 bits per heavy atom. The van der Waals surface area contributed by atoms with E-state index >= 15 is 0 Å². The highest BCUT2D eigenvalue weighted by atomic mass is 16.3. The second-order valence-electron chi connectivity index (χ2n) is 4.69. The molecule has 0 aliphatic carbocycles. The summed E-state index contributed by atoms with van der Waals surface area (Å²) in [6.45, 7) is 0. The van der Waals surface area contributed by atoms with E-state index in [1.54, 1.807) is 6.26 Å². The van der Waals surface area contributed by atoms with Gasteiger partial charge in [-0.15, -0.1) is 0 Å². The lowest BCUT2D eigenvalue weighted by molar-refractivity contribution is 0.574. The number of rotatable bonds is 3. The minimum absolute atomic E-state index is 0.614. The van der Waals surface area contributed by atoms with Crippen LogP contribution in [0.5, 0.6) is 0 Å². The summed E-state index contributed by atoms with van der Waals surface area (Å²) in [5.41, 5.74) is 2.95. The second kappa shape index (κ2) is 6.58. The molecule has 0 aliphatic rings. The van der Waals surface area contributed by atoms with Crippen molar-refractivity contribution in [3.05, 3.63) is 78.2 Å². The van der Waals surface area contributed by atoms with E-state index in [-0.39, 0.29) is 0 Å². The molecule has 3 rings (SSSR count). The maximum atomic E-state index is 5.45. The van der Waals surface area contributed by atoms with Gasteiger partial charge in [0.2, 0.25) is 5.89 Å². The fourth-order valence-electron chi connectivity index (χ4n) is 2.05. The minimum Gasteiger partial charge on any atom is -0.443 e. The predicted molar refractivity (Wildman–Crippen MR) is 83.6 cm³/mol. The molecule has 0 spiro atoms. The normalized spacial score (nSPS) is 9.90. The summed E-state index contributed by atoms with van der Waals surface area (Å²) >= 11 is 0. The molecule has 0 N–H and O–H groups in total. The van der Waals surface area contributed by atoms with Crippen molar-refractivity contribution >= 4 is 0 Å². The zero-order valence-corrected chi connectivity index (χ0v) is 11.6. The molecule has 2 nitrogen and oxygen atoms in total. The van der Waals surface area contributed by atoms with Crippen LogP contribution in [0.15, 0.2) is 71.3 Å². The van der Waals surface area contributed by atoms with Gasteiger partial charge in [0.1, 0.15) is 6.26 Å². The first-order valence-electron chi connectivity index (χ1n) is 6.95. The van der Waals surface area contributed by atoms with Crippen molar-refractivity contribution < 1.29 is 4.42 Å². The van der Waals surface area contributed by atoms with E-state index in [1.807, 2.05) is 48.5 Å². The van der Waals surface area contributed by atoms with Gasteiger partial charge in [-0.2, -0.15) is 0 Å². The van der Waals surface area contributed by atoms with Gasteiger partial charge in [-0.25, -0.2) is 4.98 Å². The smallest absolute Gasteiger partial charge is 0.227 e. The van der Waals surface area contributed by atoms with E-state index in [2.05, 4.69) is 29.0 Å². The third-order valence-corrected chi connectivity index (χ3v) is 3.12. The van der Waals surface area contributed by atoms with Crippen LogP contribution in [-0.2, 0) is 6.42 Å². The van der Waals surface area contributed by atoms with Crippen molar-refractivity contribution in [1.82, 2.24) is 4.98 Å². The summed E-state index contributed by atoms with van der Waals surface area (Å²) in [6.07, 6.45) is 3.38. The summed E-state index contributed by atoms with van der Waals surface area (Å²) in [5.74, 6) is 6.81. The molecule has 0 bridgehead atoms. The molecule has 0 radical (unpaired) electrons. The molecular weight excluding hydrogens is 258 g/mol. The Hall–Kier alpha value is -2.79. The first kappa shape index (κ1) is 13.2. The van der Waals surface area contributed by atoms with E-state index in [0.717, 1.165) is 18.4 Å². The molecule has 0 saturated carbocycles. The van der Waals surface area contributed by atoms with Crippen molar-refractivity contribution in [3.63, 3.8) is 0 Å². The topological polar surface area (TPSA) is 26.0 Å². The van der Waals surface area contributed by atoms with Gasteiger partial charge >= 0.3 is 0 Å². The summed E-state index contributed by atoms with van der Waals surface area (Å²) in [5, 5.41) is 0. The molecule has 1 heterocycles. The van der Waals surface area contributed by atoms with Crippen molar-refractivity contribution in [1.29, 1.82) is 0 Å². The second-order valence-corrected chi connectivity index (χ2v) is 4.69. The van der Waals surface area contributed by atoms with Crippen molar-refractivity contribution in [2.45, 2.75) is 12.8 Å². The Morgan fingerprint density at radius 3 is 2.38 bits per heavy atom. The number of hydrogen-bond donors (Lipinski definition) is 0. The summed E-state index contributed by atoms with van der Waals surface area (Å²) in [4.78, 5) is 4.38. The van der Waals surface area contributed by atoms with Crippen LogP contribution in [0, 0.1) is 11.8 Å². The third-order valence-electron chi connectivity index (χ3n) is 3.12. The highest BCUT2D eigenvalue weighted by Gasteiger charge is 2.03. The third kappa shape index (κ3) is 3.61. The van der Waals surface area contributed by atoms with Crippen LogP contribution >= 0.6 is 0 Å². The van der Waals surface area contributed by atoms with E-state index in [4.69, 9.17) is 4.42 Å². The van der Waals surface area contributed by atoms with Gasteiger partial charge in [0.25, 0.3) is 0 Å². The van der Waals surface area contributed by atoms with Crippen LogP contribution < -0.4 is 0 Å². The maximum absolute atomic E-state index is 5.45. The Labute approximate surface area is 124 Å². The molecule has 2 aromatic carbocycles. The molecule has 3 aromatic rings. The number of benzene rings is 2. The van der Waals surface area contributed by atoms with Gasteiger partial charge in [0.15, 0.2) is 5.69 Å². The van der Waals surface area contributed by atoms with Crippen LogP contribution in [-0.4, -0.2) is 4.98 Å². The highest BCUT2D eigenvalue weighted by Crippen LogP contribution is 2.17. The van der Waals surface area contributed by atoms with Crippen LogP contribution in [0.3, 0.4) is 0 Å². The van der Waals surface area contributed by atoms with Crippen LogP contribution in [0.2, 0.25) is 0 Å². The lowest BCUT2D eigenvalue weighted by Gasteiger charge is -1.94. The number of nitrogens with zero attached hydrogens (tertiary/aromatic N) is 1. The Balaban J connectivity index is 1.62. The number of aromatic nitrogens is 1. The quantitative estimate of drug-likeness (QED) is 0.664. The standard InChI is InChI=1S/C19H15NO/c1-3-9-16(10-4-1)11-7-8-14-18-15-21-19(20-18)17-12-5-2-6-13-17/h1-6,9-10,12-13,15H,7,11H2. The number of hydrogen-bond acceptors (Lipinski definition) is 2. The molecule has 0 fully saturated rings. The summed E-state index contributed by atoms with van der Waals surface area (Å²) in [6, 6.07) is 20.2. The zero-order valence-electron chi connectivity index (χ0n) is 11.6. The Morgan fingerprint density at radius 1 is 0.905 bits per heavy atom. The average molecular weight is 273 g/mol. The molecule has 0 atom stereocenters. The van der Waals surface area contributed by atoms with E-state index in [1.165, 1.54) is 5.56 Å². The van der Waals surface area contributed by atoms with Gasteiger partial charge < -0.3 is 4.42 Å². The Bertz CT molecular complexity index is 748. The average Bonchev–Trinajstić information content (AvgIpc) is 3.02. The molecule has 0 amide bonds. The van der Waals surface area contributed by atoms with Gasteiger partial charge in [-0.3, -0.25) is 0 Å². The predicted octanol–water partition coefficient (Wildman–Crippen LogP) is 4.33. The minimum atomic E-state index is 0.614. The van der Waals surface area contributed by atoms with E-state index in [9.17, 15) is 0 Å². The van der Waals surface area contributed by atoms with Gasteiger partial charge in [-0.1, -0.05) is 54.5 Å². The fourth-order valence-corrected chi connectivity index (χ4v) is 2.05. The SMILES string of the molecule is C(#Cc1coc(-c2ccccc2)n1)CCc1ccccc1. The largest absolute Gasteiger partial charge is 0.443 e. The van der Waals surface area contributed by atoms with Crippen molar-refractivity contribution in [2.24, 2.45) is 0 Å². The number of oxazole rings is 1. The van der Waals surface area contributed by atoms with E-state index in [0.29, 0.717) is 11.6 Å². The number of aryl methyl sites for hydroxylation is 1. The van der Waals surface area contributed by atoms with E-state index < -0.39 is 0 Å². The molecule has 0 aliphatic heterocycles. The molecule has 0 saturated heterocycles. The van der Waals surface area contributed by atoms with Crippen LogP contribution in [0.1, 0.15) is 17.7 Å². The molecular formula is C19H15NO. The van der Waals surface area contributed by atoms with Crippen LogP contribution in [0.25, 0.3) is 11.5 Å². The van der Waals surface area contributed by atoms with Crippen LogP contribution in [0.4, 0.5) is 0 Å². The zero-order chi connectivity index (χ0) is 14.3. The molecule has 21 heavy (non-hydrogen) atoms. The lowest BCUT2D eigenvalue weighted by atomic mass is 10.1. The fraction of sp³-hybridized carbons (Fsp3) is 0.105. The molecule has 1 aromatic heterocycles. The lowest BCUT2D eigenvalue weighted by Crippen LogP contribution is -1.82.